The Kier molecular flexibility index (Phi) is 7.17. The molecule has 0 spiro atoms. The Morgan fingerprint density at radius 2 is 1.51 bits per heavy atom. The molecule has 0 aliphatic rings. The molecular formula is C30H29N3O5S. The van der Waals surface area contributed by atoms with Gasteiger partial charge in [0.25, 0.3) is 10.0 Å². The third kappa shape index (κ3) is 4.88. The molecule has 0 saturated heterocycles. The molecule has 4 aromatic carbocycles. The summed E-state index contributed by atoms with van der Waals surface area (Å²) < 4.78 is 41.4. The number of nitrogens with one attached hydrogen (secondary N) is 1. The molecule has 0 atom stereocenters. The molecule has 200 valence electrons. The maximum Gasteiger partial charge on any atom is 0.264 e. The Labute approximate surface area is 227 Å². The SMILES string of the molecule is CCn1c2ccccc2c2cc(NC(=O)CN(c3ccccc3)S(=O)(=O)c3ccc(OC)c(OC)c3)ccc21. The monoisotopic (exact) mass is 543 g/mol. The number of rotatable bonds is 9. The molecule has 1 amide bonds. The van der Waals surface area contributed by atoms with E-state index in [0.717, 1.165) is 32.7 Å². The lowest BCUT2D eigenvalue weighted by Crippen LogP contribution is -2.38. The van der Waals surface area contributed by atoms with Crippen LogP contribution in [0.2, 0.25) is 0 Å². The zero-order chi connectivity index (χ0) is 27.6. The van der Waals surface area contributed by atoms with Crippen LogP contribution in [0, 0.1) is 0 Å². The fourth-order valence-electron chi connectivity index (χ4n) is 4.82. The van der Waals surface area contributed by atoms with Gasteiger partial charge in [-0.2, -0.15) is 0 Å². The van der Waals surface area contributed by atoms with Gasteiger partial charge in [0.15, 0.2) is 11.5 Å². The number of nitrogens with zero attached hydrogens (tertiary/aromatic N) is 2. The number of aryl methyl sites for hydroxylation is 1. The molecule has 0 aliphatic heterocycles. The summed E-state index contributed by atoms with van der Waals surface area (Å²) in [4.78, 5) is 13.3. The van der Waals surface area contributed by atoms with Gasteiger partial charge in [-0.05, 0) is 55.5 Å². The number of hydrogen-bond donors (Lipinski definition) is 1. The van der Waals surface area contributed by atoms with Gasteiger partial charge in [0, 0.05) is 40.1 Å². The third-order valence-corrected chi connectivity index (χ3v) is 8.42. The van der Waals surface area contributed by atoms with Crippen molar-refractivity contribution in [3.05, 3.63) is 91.0 Å². The molecule has 5 aromatic rings. The van der Waals surface area contributed by atoms with Crippen molar-refractivity contribution in [1.82, 2.24) is 4.57 Å². The van der Waals surface area contributed by atoms with Gasteiger partial charge in [-0.3, -0.25) is 9.10 Å². The first-order valence-corrected chi connectivity index (χ1v) is 13.9. The summed E-state index contributed by atoms with van der Waals surface area (Å²) in [6.45, 7) is 2.49. The number of carbonyl (C=O) groups is 1. The van der Waals surface area contributed by atoms with Crippen LogP contribution < -0.4 is 19.1 Å². The number of ether oxygens (including phenoxy) is 2. The van der Waals surface area contributed by atoms with Crippen LogP contribution in [0.5, 0.6) is 11.5 Å². The Morgan fingerprint density at radius 1 is 0.821 bits per heavy atom. The molecular weight excluding hydrogens is 514 g/mol. The highest BCUT2D eigenvalue weighted by molar-refractivity contribution is 7.92. The van der Waals surface area contributed by atoms with Crippen LogP contribution in [0.15, 0.2) is 95.9 Å². The lowest BCUT2D eigenvalue weighted by Gasteiger charge is -2.24. The van der Waals surface area contributed by atoms with E-state index in [-0.39, 0.29) is 10.6 Å². The van der Waals surface area contributed by atoms with Gasteiger partial charge in [0.2, 0.25) is 5.91 Å². The Morgan fingerprint density at radius 3 is 2.23 bits per heavy atom. The summed E-state index contributed by atoms with van der Waals surface area (Å²) in [5.74, 6) is 0.206. The van der Waals surface area contributed by atoms with Crippen LogP contribution >= 0.6 is 0 Å². The molecule has 1 aromatic heterocycles. The average molecular weight is 544 g/mol. The molecule has 1 N–H and O–H groups in total. The second-order valence-electron chi connectivity index (χ2n) is 8.91. The van der Waals surface area contributed by atoms with Gasteiger partial charge in [-0.25, -0.2) is 8.42 Å². The maximum atomic E-state index is 13.8. The van der Waals surface area contributed by atoms with Crippen molar-refractivity contribution in [2.45, 2.75) is 18.4 Å². The van der Waals surface area contributed by atoms with Crippen molar-refractivity contribution < 1.29 is 22.7 Å². The Bertz CT molecular complexity index is 1760. The molecule has 5 rings (SSSR count). The van der Waals surface area contributed by atoms with Crippen molar-refractivity contribution in [3.63, 3.8) is 0 Å². The molecule has 0 bridgehead atoms. The fraction of sp³-hybridized carbons (Fsp3) is 0.167. The standard InChI is InChI=1S/C30H29N3O5S/c1-4-32-26-13-9-8-12-24(26)25-18-21(14-16-27(25)32)31-30(34)20-33(22-10-6-5-7-11-22)39(35,36)23-15-17-28(37-2)29(19-23)38-3/h5-19H,4,20H2,1-3H3,(H,31,34). The largest absolute Gasteiger partial charge is 0.493 e. The third-order valence-electron chi connectivity index (χ3n) is 6.65. The number of fused-ring (bicyclic) bond motifs is 3. The topological polar surface area (TPSA) is 89.9 Å². The summed E-state index contributed by atoms with van der Waals surface area (Å²) in [5, 5.41) is 5.00. The van der Waals surface area contributed by atoms with Crippen molar-refractivity contribution in [2.75, 3.05) is 30.4 Å². The maximum absolute atomic E-state index is 13.8. The zero-order valence-electron chi connectivity index (χ0n) is 21.9. The van der Waals surface area contributed by atoms with Crippen LogP contribution in [0.4, 0.5) is 11.4 Å². The predicted octanol–water partition coefficient (Wildman–Crippen LogP) is 5.67. The van der Waals surface area contributed by atoms with Crippen molar-refractivity contribution in [1.29, 1.82) is 0 Å². The molecule has 39 heavy (non-hydrogen) atoms. The summed E-state index contributed by atoms with van der Waals surface area (Å²) >= 11 is 0. The number of methoxy groups -OCH3 is 2. The highest BCUT2D eigenvalue weighted by atomic mass is 32.2. The fourth-order valence-corrected chi connectivity index (χ4v) is 6.25. The first-order valence-electron chi connectivity index (χ1n) is 12.5. The number of hydrogen-bond acceptors (Lipinski definition) is 5. The van der Waals surface area contributed by atoms with Gasteiger partial charge in [0.1, 0.15) is 6.54 Å². The number of carbonyl (C=O) groups excluding carboxylic acids is 1. The molecule has 9 heteroatoms. The van der Waals surface area contributed by atoms with E-state index in [4.69, 9.17) is 9.47 Å². The lowest BCUT2D eigenvalue weighted by atomic mass is 10.1. The second kappa shape index (κ2) is 10.7. The van der Waals surface area contributed by atoms with Gasteiger partial charge in [-0.15, -0.1) is 0 Å². The first kappa shape index (κ1) is 26.1. The average Bonchev–Trinajstić information content (AvgIpc) is 3.28. The van der Waals surface area contributed by atoms with Crippen LogP contribution in [0.25, 0.3) is 21.8 Å². The predicted molar refractivity (Wildman–Crippen MR) is 154 cm³/mol. The van der Waals surface area contributed by atoms with E-state index in [0.29, 0.717) is 17.1 Å². The van der Waals surface area contributed by atoms with E-state index in [1.54, 1.807) is 30.3 Å². The summed E-state index contributed by atoms with van der Waals surface area (Å²) in [5.41, 5.74) is 3.14. The summed E-state index contributed by atoms with van der Waals surface area (Å²) in [6.07, 6.45) is 0. The van der Waals surface area contributed by atoms with Gasteiger partial charge in [-0.1, -0.05) is 36.4 Å². The quantitative estimate of drug-likeness (QED) is 0.259. The van der Waals surface area contributed by atoms with E-state index < -0.39 is 22.5 Å². The van der Waals surface area contributed by atoms with Gasteiger partial charge >= 0.3 is 0 Å². The second-order valence-corrected chi connectivity index (χ2v) is 10.8. The number of aromatic nitrogens is 1. The molecule has 0 unspecified atom stereocenters. The number of para-hydroxylation sites is 2. The number of benzene rings is 4. The van der Waals surface area contributed by atoms with E-state index in [2.05, 4.69) is 28.9 Å². The van der Waals surface area contributed by atoms with Crippen LogP contribution in [-0.2, 0) is 21.4 Å². The van der Waals surface area contributed by atoms with Crippen LogP contribution in [0.1, 0.15) is 6.92 Å². The van der Waals surface area contributed by atoms with Gasteiger partial charge in [0.05, 0.1) is 24.8 Å². The summed E-state index contributed by atoms with van der Waals surface area (Å²) in [6, 6.07) is 26.7. The number of anilines is 2. The molecule has 0 saturated carbocycles. The minimum Gasteiger partial charge on any atom is -0.493 e. The molecule has 0 radical (unpaired) electrons. The zero-order valence-corrected chi connectivity index (χ0v) is 22.7. The smallest absolute Gasteiger partial charge is 0.264 e. The van der Waals surface area contributed by atoms with E-state index in [1.807, 2.05) is 30.3 Å². The molecule has 0 fully saturated rings. The van der Waals surface area contributed by atoms with E-state index in [9.17, 15) is 13.2 Å². The molecule has 1 heterocycles. The van der Waals surface area contributed by atoms with Crippen LogP contribution in [0.3, 0.4) is 0 Å². The minimum absolute atomic E-state index is 0.0226. The highest BCUT2D eigenvalue weighted by Gasteiger charge is 2.28. The molecule has 0 aliphatic carbocycles. The normalized spacial score (nSPS) is 11.5. The highest BCUT2D eigenvalue weighted by Crippen LogP contribution is 2.33. The van der Waals surface area contributed by atoms with Crippen LogP contribution in [-0.4, -0.2) is 39.7 Å². The Balaban J connectivity index is 1.48. The van der Waals surface area contributed by atoms with E-state index in [1.165, 1.54) is 32.4 Å². The molecule has 8 nitrogen and oxygen atoms in total. The first-order chi connectivity index (χ1) is 18.9. The lowest BCUT2D eigenvalue weighted by molar-refractivity contribution is -0.114. The van der Waals surface area contributed by atoms with E-state index >= 15 is 0 Å². The van der Waals surface area contributed by atoms with Crippen molar-refractivity contribution in [2.24, 2.45) is 0 Å². The van der Waals surface area contributed by atoms with Crippen molar-refractivity contribution >= 4 is 49.1 Å². The number of sulfonamides is 1. The minimum atomic E-state index is -4.13. The Hall–Kier alpha value is -4.50. The summed E-state index contributed by atoms with van der Waals surface area (Å²) in [7, 11) is -1.22. The number of amides is 1. The van der Waals surface area contributed by atoms with Crippen molar-refractivity contribution in [3.8, 4) is 11.5 Å². The van der Waals surface area contributed by atoms with Gasteiger partial charge < -0.3 is 19.4 Å².